The van der Waals surface area contributed by atoms with Crippen molar-refractivity contribution < 1.29 is 28.5 Å². The Labute approximate surface area is 173 Å². The summed E-state index contributed by atoms with van der Waals surface area (Å²) >= 11 is 0. The van der Waals surface area contributed by atoms with Gasteiger partial charge in [-0.25, -0.2) is 8.78 Å². The van der Waals surface area contributed by atoms with Crippen LogP contribution < -0.4 is 15.0 Å². The molecule has 30 heavy (non-hydrogen) atoms. The van der Waals surface area contributed by atoms with Crippen LogP contribution in [0.15, 0.2) is 30.3 Å². The summed E-state index contributed by atoms with van der Waals surface area (Å²) in [5.74, 6) is -0.688. The van der Waals surface area contributed by atoms with Crippen molar-refractivity contribution in [2.24, 2.45) is 0 Å². The number of hydrogen-bond donors (Lipinski definition) is 3. The van der Waals surface area contributed by atoms with Gasteiger partial charge in [0.25, 0.3) is 0 Å². The number of ether oxygens (including phenoxy) is 1. The summed E-state index contributed by atoms with van der Waals surface area (Å²) in [6.45, 7) is 0.712. The first kappa shape index (κ1) is 20.6. The molecule has 0 unspecified atom stereocenters. The molecule has 2 aromatic carbocycles. The smallest absolute Gasteiger partial charge is 0.224 e. The number of aliphatic hydroxyl groups is 2. The van der Waals surface area contributed by atoms with Gasteiger partial charge >= 0.3 is 0 Å². The lowest BCUT2D eigenvalue weighted by molar-refractivity contribution is -0.116. The molecule has 0 saturated carbocycles. The number of carbonyl (C=O) groups excluding carboxylic acids is 1. The van der Waals surface area contributed by atoms with Gasteiger partial charge in [-0.2, -0.15) is 0 Å². The minimum atomic E-state index is -1.09. The number of piperidine rings is 1. The molecule has 0 spiro atoms. The SMILES string of the molecule is O=C1CCc2c(OCC3(O)CCN(c4ccc(CO)cc4F)CC3)ccc(F)c2N1. The lowest BCUT2D eigenvalue weighted by atomic mass is 9.91. The number of amides is 1. The maximum atomic E-state index is 14.3. The highest BCUT2D eigenvalue weighted by atomic mass is 19.1. The summed E-state index contributed by atoms with van der Waals surface area (Å²) in [6.07, 6.45) is 1.40. The molecule has 4 rings (SSSR count). The number of nitrogens with zero attached hydrogens (tertiary/aromatic N) is 1. The Bertz CT molecular complexity index is 958. The molecular weight excluding hydrogens is 394 g/mol. The van der Waals surface area contributed by atoms with Gasteiger partial charge in [-0.1, -0.05) is 6.07 Å². The van der Waals surface area contributed by atoms with Gasteiger partial charge in [0, 0.05) is 25.1 Å². The van der Waals surface area contributed by atoms with E-state index in [-0.39, 0.29) is 31.2 Å². The van der Waals surface area contributed by atoms with Gasteiger partial charge in [0.1, 0.15) is 29.6 Å². The molecule has 0 atom stereocenters. The number of aliphatic hydroxyl groups excluding tert-OH is 1. The standard InChI is InChI=1S/C22H24F2N2O4/c23-16-3-5-19(15-2-6-20(28)25-21(15)16)30-13-22(29)7-9-26(10-8-22)18-4-1-14(12-27)11-17(18)24/h1,3-5,11,27,29H,2,6-10,12-13H2,(H,25,28). The summed E-state index contributed by atoms with van der Waals surface area (Å²) in [7, 11) is 0. The molecular formula is C22H24F2N2O4. The minimum absolute atomic E-state index is 0.0266. The summed E-state index contributed by atoms with van der Waals surface area (Å²) in [6, 6.07) is 7.39. The van der Waals surface area contributed by atoms with E-state index in [0.717, 1.165) is 0 Å². The molecule has 1 amide bonds. The van der Waals surface area contributed by atoms with Gasteiger partial charge in [-0.15, -0.1) is 0 Å². The molecule has 8 heteroatoms. The van der Waals surface area contributed by atoms with E-state index in [0.29, 0.717) is 54.9 Å². The van der Waals surface area contributed by atoms with Crippen LogP contribution in [0.5, 0.6) is 5.75 Å². The van der Waals surface area contributed by atoms with Crippen molar-refractivity contribution >= 4 is 17.3 Å². The lowest BCUT2D eigenvalue weighted by Gasteiger charge is -2.39. The van der Waals surface area contributed by atoms with Crippen LogP contribution in [0.1, 0.15) is 30.4 Å². The zero-order chi connectivity index (χ0) is 21.3. The number of anilines is 2. The van der Waals surface area contributed by atoms with Gasteiger partial charge in [-0.05, 0) is 49.1 Å². The number of carbonyl (C=O) groups is 1. The Morgan fingerprint density at radius 2 is 1.87 bits per heavy atom. The number of halogens is 2. The highest BCUT2D eigenvalue weighted by molar-refractivity contribution is 5.94. The lowest BCUT2D eigenvalue weighted by Crippen LogP contribution is -2.48. The second-order valence-electron chi connectivity index (χ2n) is 7.89. The number of fused-ring (bicyclic) bond motifs is 1. The van der Waals surface area contributed by atoms with E-state index in [4.69, 9.17) is 9.84 Å². The predicted octanol–water partition coefficient (Wildman–Crippen LogP) is 2.75. The van der Waals surface area contributed by atoms with E-state index in [1.807, 2.05) is 4.90 Å². The van der Waals surface area contributed by atoms with Crippen molar-refractivity contribution in [1.82, 2.24) is 0 Å². The Morgan fingerprint density at radius 3 is 2.57 bits per heavy atom. The fraction of sp³-hybridized carbons (Fsp3) is 0.409. The molecule has 2 aliphatic heterocycles. The van der Waals surface area contributed by atoms with Crippen LogP contribution >= 0.6 is 0 Å². The highest BCUT2D eigenvalue weighted by Crippen LogP contribution is 2.35. The first-order valence-corrected chi connectivity index (χ1v) is 9.99. The van der Waals surface area contributed by atoms with E-state index in [1.54, 1.807) is 12.1 Å². The number of nitrogens with one attached hydrogen (secondary N) is 1. The summed E-state index contributed by atoms with van der Waals surface area (Å²) < 4.78 is 34.2. The largest absolute Gasteiger partial charge is 0.490 e. The number of hydrogen-bond acceptors (Lipinski definition) is 5. The Morgan fingerprint density at radius 1 is 1.10 bits per heavy atom. The Balaban J connectivity index is 1.40. The van der Waals surface area contributed by atoms with Crippen LogP contribution in [0.2, 0.25) is 0 Å². The third-order valence-corrected chi connectivity index (χ3v) is 5.81. The molecule has 0 aromatic heterocycles. The molecule has 6 nitrogen and oxygen atoms in total. The second-order valence-corrected chi connectivity index (χ2v) is 7.89. The van der Waals surface area contributed by atoms with Gasteiger partial charge in [0.2, 0.25) is 5.91 Å². The van der Waals surface area contributed by atoms with E-state index in [2.05, 4.69) is 5.32 Å². The van der Waals surface area contributed by atoms with Gasteiger partial charge in [0.05, 0.1) is 18.0 Å². The fourth-order valence-corrected chi connectivity index (χ4v) is 3.98. The topological polar surface area (TPSA) is 82.0 Å². The van der Waals surface area contributed by atoms with Crippen molar-refractivity contribution in [3.63, 3.8) is 0 Å². The normalized spacial score (nSPS) is 18.0. The quantitative estimate of drug-likeness (QED) is 0.696. The molecule has 0 radical (unpaired) electrons. The van der Waals surface area contributed by atoms with Crippen LogP contribution in [0.4, 0.5) is 20.2 Å². The second kappa shape index (κ2) is 8.20. The third kappa shape index (κ3) is 4.11. The van der Waals surface area contributed by atoms with Crippen molar-refractivity contribution in [1.29, 1.82) is 0 Å². The average Bonchev–Trinajstić information content (AvgIpc) is 2.74. The summed E-state index contributed by atoms with van der Waals surface area (Å²) in [4.78, 5) is 13.4. The average molecular weight is 418 g/mol. The number of rotatable bonds is 5. The maximum Gasteiger partial charge on any atom is 0.224 e. The third-order valence-electron chi connectivity index (χ3n) is 5.81. The van der Waals surface area contributed by atoms with Crippen molar-refractivity contribution in [2.45, 2.75) is 37.9 Å². The Kier molecular flexibility index (Phi) is 5.62. The molecule has 160 valence electrons. The van der Waals surface area contributed by atoms with Crippen molar-refractivity contribution in [3.05, 3.63) is 53.1 Å². The first-order valence-electron chi connectivity index (χ1n) is 9.99. The maximum absolute atomic E-state index is 14.3. The predicted molar refractivity (Wildman–Crippen MR) is 108 cm³/mol. The summed E-state index contributed by atoms with van der Waals surface area (Å²) in [5.41, 5.74) is 0.613. The van der Waals surface area contributed by atoms with E-state index < -0.39 is 17.2 Å². The van der Waals surface area contributed by atoms with Crippen LogP contribution in [0.25, 0.3) is 0 Å². The minimum Gasteiger partial charge on any atom is -0.490 e. The highest BCUT2D eigenvalue weighted by Gasteiger charge is 2.34. The van der Waals surface area contributed by atoms with Crippen LogP contribution in [-0.4, -0.2) is 41.4 Å². The Hall–Kier alpha value is -2.71. The van der Waals surface area contributed by atoms with Gasteiger partial charge < -0.3 is 25.2 Å². The molecule has 2 aliphatic rings. The van der Waals surface area contributed by atoms with E-state index >= 15 is 0 Å². The molecule has 2 heterocycles. The molecule has 2 aromatic rings. The zero-order valence-corrected chi connectivity index (χ0v) is 16.5. The van der Waals surface area contributed by atoms with Crippen LogP contribution in [0.3, 0.4) is 0 Å². The van der Waals surface area contributed by atoms with Crippen molar-refractivity contribution in [2.75, 3.05) is 29.9 Å². The molecule has 1 saturated heterocycles. The molecule has 1 fully saturated rings. The monoisotopic (exact) mass is 418 g/mol. The molecule has 0 bridgehead atoms. The molecule has 3 N–H and O–H groups in total. The van der Waals surface area contributed by atoms with Crippen molar-refractivity contribution in [3.8, 4) is 5.75 Å². The van der Waals surface area contributed by atoms with E-state index in [9.17, 15) is 18.7 Å². The van der Waals surface area contributed by atoms with Gasteiger partial charge in [-0.3, -0.25) is 4.79 Å². The fourth-order valence-electron chi connectivity index (χ4n) is 3.98. The molecule has 0 aliphatic carbocycles. The van der Waals surface area contributed by atoms with Crippen LogP contribution in [0, 0.1) is 11.6 Å². The van der Waals surface area contributed by atoms with E-state index in [1.165, 1.54) is 18.2 Å². The zero-order valence-electron chi connectivity index (χ0n) is 16.5. The van der Waals surface area contributed by atoms with Gasteiger partial charge in [0.15, 0.2) is 0 Å². The first-order chi connectivity index (χ1) is 14.4. The number of benzene rings is 2. The van der Waals surface area contributed by atoms with Crippen LogP contribution in [-0.2, 0) is 17.8 Å². The summed E-state index contributed by atoms with van der Waals surface area (Å²) in [5, 5.41) is 22.6.